The van der Waals surface area contributed by atoms with Gasteiger partial charge in [-0.25, -0.2) is 8.42 Å². The van der Waals surface area contributed by atoms with E-state index < -0.39 is 10.0 Å². The second-order valence-electron chi connectivity index (χ2n) is 10.3. The van der Waals surface area contributed by atoms with Gasteiger partial charge in [0.05, 0.1) is 5.56 Å². The monoisotopic (exact) mass is 516 g/mol. The van der Waals surface area contributed by atoms with E-state index in [1.54, 1.807) is 15.8 Å². The van der Waals surface area contributed by atoms with Crippen molar-refractivity contribution in [1.82, 2.24) is 23.9 Å². The largest absolute Gasteiger partial charge is 0.369 e. The molecule has 0 N–H and O–H groups in total. The summed E-state index contributed by atoms with van der Waals surface area (Å²) in [6, 6.07) is 6.22. The fraction of sp³-hybridized carbons (Fsp3) is 0.615. The highest BCUT2D eigenvalue weighted by Gasteiger charge is 2.36. The standard InChI is InChI=1S/C26H40N6O3S/c1-6-31-19-23(26(33)30-12-10-28(11-13-30)18-20(2)3)25(27-31)36(34,35)32-16-14-29(15-17-32)24-9-7-8-21(4)22(24)5/h7-9,19-20H,6,10-18H2,1-5H3. The van der Waals surface area contributed by atoms with E-state index >= 15 is 0 Å². The number of hydrogen-bond acceptors (Lipinski definition) is 6. The van der Waals surface area contributed by atoms with Crippen LogP contribution < -0.4 is 4.90 Å². The molecule has 0 saturated carbocycles. The van der Waals surface area contributed by atoms with Crippen molar-refractivity contribution in [1.29, 1.82) is 0 Å². The molecule has 2 aliphatic rings. The predicted molar refractivity (Wildman–Crippen MR) is 142 cm³/mol. The first-order valence-electron chi connectivity index (χ1n) is 13.0. The van der Waals surface area contributed by atoms with Gasteiger partial charge in [-0.15, -0.1) is 0 Å². The number of anilines is 1. The number of piperazine rings is 2. The number of hydrogen-bond donors (Lipinski definition) is 0. The third-order valence-electron chi connectivity index (χ3n) is 7.30. The molecule has 0 atom stereocenters. The Labute approximate surface area is 215 Å². The van der Waals surface area contributed by atoms with E-state index in [9.17, 15) is 13.2 Å². The molecule has 10 heteroatoms. The van der Waals surface area contributed by atoms with E-state index in [4.69, 9.17) is 0 Å². The molecule has 2 aliphatic heterocycles. The number of carbonyl (C=O) groups excluding carboxylic acids is 1. The lowest BCUT2D eigenvalue weighted by molar-refractivity contribution is 0.0620. The first-order chi connectivity index (χ1) is 17.1. The van der Waals surface area contributed by atoms with Crippen LogP contribution in [0.3, 0.4) is 0 Å². The summed E-state index contributed by atoms with van der Waals surface area (Å²) in [7, 11) is -3.90. The molecule has 1 amide bonds. The lowest BCUT2D eigenvalue weighted by Gasteiger charge is -2.36. The maximum absolute atomic E-state index is 13.7. The van der Waals surface area contributed by atoms with E-state index in [2.05, 4.69) is 54.7 Å². The summed E-state index contributed by atoms with van der Waals surface area (Å²) in [5, 5.41) is 4.25. The van der Waals surface area contributed by atoms with Gasteiger partial charge in [-0.2, -0.15) is 9.40 Å². The Morgan fingerprint density at radius 3 is 2.28 bits per heavy atom. The zero-order chi connectivity index (χ0) is 26.0. The number of aryl methyl sites for hydroxylation is 2. The number of aromatic nitrogens is 2. The van der Waals surface area contributed by atoms with Crippen molar-refractivity contribution >= 4 is 21.6 Å². The number of nitrogens with zero attached hydrogens (tertiary/aromatic N) is 6. The third kappa shape index (κ3) is 5.45. The summed E-state index contributed by atoms with van der Waals surface area (Å²) in [5.74, 6) is 0.327. The minimum absolute atomic E-state index is 0.112. The normalized spacial score (nSPS) is 18.3. The van der Waals surface area contributed by atoms with E-state index in [-0.39, 0.29) is 16.5 Å². The fourth-order valence-corrected chi connectivity index (χ4v) is 6.61. The average Bonchev–Trinajstić information content (AvgIpc) is 3.31. The van der Waals surface area contributed by atoms with Gasteiger partial charge in [-0.1, -0.05) is 26.0 Å². The molecule has 0 bridgehead atoms. The fourth-order valence-electron chi connectivity index (χ4n) is 5.09. The van der Waals surface area contributed by atoms with Crippen LogP contribution in [0.15, 0.2) is 29.4 Å². The summed E-state index contributed by atoms with van der Waals surface area (Å²) in [4.78, 5) is 19.8. The molecule has 3 heterocycles. The molecular formula is C26H40N6O3S. The van der Waals surface area contributed by atoms with Gasteiger partial charge in [0.25, 0.3) is 15.9 Å². The summed E-state index contributed by atoms with van der Waals surface area (Å²) in [6.45, 7) is 16.7. The molecule has 0 spiro atoms. The maximum Gasteiger partial charge on any atom is 0.263 e. The van der Waals surface area contributed by atoms with Crippen molar-refractivity contribution in [3.05, 3.63) is 41.1 Å². The van der Waals surface area contributed by atoms with Crippen LogP contribution in [0.25, 0.3) is 0 Å². The van der Waals surface area contributed by atoms with E-state index in [1.807, 2.05) is 13.0 Å². The van der Waals surface area contributed by atoms with Gasteiger partial charge in [0.15, 0.2) is 0 Å². The second-order valence-corrected chi connectivity index (χ2v) is 12.2. The molecule has 198 valence electrons. The second kappa shape index (κ2) is 10.9. The summed E-state index contributed by atoms with van der Waals surface area (Å²) in [6.07, 6.45) is 1.60. The minimum Gasteiger partial charge on any atom is -0.369 e. The minimum atomic E-state index is -3.90. The van der Waals surface area contributed by atoms with Crippen LogP contribution in [-0.4, -0.2) is 97.1 Å². The molecule has 9 nitrogen and oxygen atoms in total. The van der Waals surface area contributed by atoms with Gasteiger partial charge in [0.2, 0.25) is 5.03 Å². The summed E-state index contributed by atoms with van der Waals surface area (Å²) in [5.41, 5.74) is 3.78. The highest BCUT2D eigenvalue weighted by Crippen LogP contribution is 2.27. The molecule has 0 unspecified atom stereocenters. The Morgan fingerprint density at radius 1 is 1.00 bits per heavy atom. The quantitative estimate of drug-likeness (QED) is 0.562. The lowest BCUT2D eigenvalue weighted by Crippen LogP contribution is -2.50. The van der Waals surface area contributed by atoms with Crippen LogP contribution in [0.4, 0.5) is 5.69 Å². The Hall–Kier alpha value is -2.43. The van der Waals surface area contributed by atoms with Crippen LogP contribution in [0.5, 0.6) is 0 Å². The maximum atomic E-state index is 13.7. The first kappa shape index (κ1) is 26.6. The Kier molecular flexibility index (Phi) is 8.06. The number of sulfonamides is 1. The van der Waals surface area contributed by atoms with Crippen molar-refractivity contribution in [2.24, 2.45) is 5.92 Å². The van der Waals surface area contributed by atoms with Gasteiger partial charge in [-0.05, 0) is 43.9 Å². The molecule has 2 aromatic rings. The van der Waals surface area contributed by atoms with Gasteiger partial charge in [0.1, 0.15) is 0 Å². The zero-order valence-corrected chi connectivity index (χ0v) is 23.1. The van der Waals surface area contributed by atoms with E-state index in [0.29, 0.717) is 51.7 Å². The summed E-state index contributed by atoms with van der Waals surface area (Å²) >= 11 is 0. The van der Waals surface area contributed by atoms with Crippen molar-refractivity contribution < 1.29 is 13.2 Å². The molecule has 0 aliphatic carbocycles. The zero-order valence-electron chi connectivity index (χ0n) is 22.3. The van der Waals surface area contributed by atoms with Crippen molar-refractivity contribution in [3.63, 3.8) is 0 Å². The van der Waals surface area contributed by atoms with Gasteiger partial charge < -0.3 is 9.80 Å². The van der Waals surface area contributed by atoms with Crippen molar-refractivity contribution in [2.45, 2.75) is 46.2 Å². The van der Waals surface area contributed by atoms with Crippen LogP contribution >= 0.6 is 0 Å². The van der Waals surface area contributed by atoms with E-state index in [0.717, 1.165) is 25.3 Å². The highest BCUT2D eigenvalue weighted by atomic mass is 32.2. The molecule has 36 heavy (non-hydrogen) atoms. The first-order valence-corrected chi connectivity index (χ1v) is 14.5. The molecule has 0 radical (unpaired) electrons. The van der Waals surface area contributed by atoms with E-state index in [1.165, 1.54) is 15.4 Å². The molecule has 2 fully saturated rings. The predicted octanol–water partition coefficient (Wildman–Crippen LogP) is 2.44. The topological polar surface area (TPSA) is 82.0 Å². The van der Waals surface area contributed by atoms with Crippen LogP contribution in [0, 0.1) is 19.8 Å². The number of amides is 1. The molecule has 1 aromatic carbocycles. The smallest absolute Gasteiger partial charge is 0.263 e. The Balaban J connectivity index is 1.50. The average molecular weight is 517 g/mol. The third-order valence-corrected chi connectivity index (χ3v) is 9.14. The highest BCUT2D eigenvalue weighted by molar-refractivity contribution is 7.89. The molecular weight excluding hydrogens is 476 g/mol. The lowest BCUT2D eigenvalue weighted by atomic mass is 10.1. The Bertz CT molecular complexity index is 1180. The molecule has 1 aromatic heterocycles. The number of rotatable bonds is 7. The van der Waals surface area contributed by atoms with Gasteiger partial charge in [0, 0.05) is 77.3 Å². The Morgan fingerprint density at radius 2 is 1.67 bits per heavy atom. The number of benzene rings is 1. The van der Waals surface area contributed by atoms with Crippen LogP contribution in [0.1, 0.15) is 42.3 Å². The molecule has 2 saturated heterocycles. The van der Waals surface area contributed by atoms with Gasteiger partial charge >= 0.3 is 0 Å². The van der Waals surface area contributed by atoms with Crippen LogP contribution in [-0.2, 0) is 16.6 Å². The number of carbonyl (C=O) groups is 1. The summed E-state index contributed by atoms with van der Waals surface area (Å²) < 4.78 is 30.5. The molecule has 4 rings (SSSR count). The van der Waals surface area contributed by atoms with Crippen molar-refractivity contribution in [2.75, 3.05) is 63.8 Å². The van der Waals surface area contributed by atoms with Crippen molar-refractivity contribution in [3.8, 4) is 0 Å². The SMILES string of the molecule is CCn1cc(C(=O)N2CCN(CC(C)C)CC2)c(S(=O)(=O)N2CCN(c3cccc(C)c3C)CC2)n1. The van der Waals surface area contributed by atoms with Gasteiger partial charge in [-0.3, -0.25) is 14.4 Å². The van der Waals surface area contributed by atoms with Crippen LogP contribution in [0.2, 0.25) is 0 Å².